The highest BCUT2D eigenvalue weighted by molar-refractivity contribution is 14.0. The highest BCUT2D eigenvalue weighted by atomic mass is 127. The van der Waals surface area contributed by atoms with Gasteiger partial charge in [-0.2, -0.15) is 0 Å². The van der Waals surface area contributed by atoms with E-state index in [1.807, 2.05) is 0 Å². The van der Waals surface area contributed by atoms with Gasteiger partial charge in [-0.05, 0) is 44.9 Å². The van der Waals surface area contributed by atoms with Crippen LogP contribution in [0.15, 0.2) is 4.99 Å². The Bertz CT molecular complexity index is 474. The molecular weight excluding hydrogens is 425 g/mol. The fourth-order valence-corrected chi connectivity index (χ4v) is 5.14. The van der Waals surface area contributed by atoms with Crippen molar-refractivity contribution in [2.24, 2.45) is 16.8 Å². The molecule has 1 atom stereocenters. The summed E-state index contributed by atoms with van der Waals surface area (Å²) in [4.78, 5) is 4.63. The van der Waals surface area contributed by atoms with Gasteiger partial charge in [0.25, 0.3) is 0 Å². The summed E-state index contributed by atoms with van der Waals surface area (Å²) in [6.45, 7) is 5.77. The van der Waals surface area contributed by atoms with Gasteiger partial charge in [0, 0.05) is 19.1 Å². The van der Waals surface area contributed by atoms with Gasteiger partial charge in [0.2, 0.25) is 0 Å². The number of aliphatic imine (C=N–C) groups is 1. The molecule has 2 aliphatic rings. The van der Waals surface area contributed by atoms with Gasteiger partial charge in [-0.1, -0.05) is 19.3 Å². The van der Waals surface area contributed by atoms with Gasteiger partial charge in [0.05, 0.1) is 11.5 Å². The quantitative estimate of drug-likeness (QED) is 0.378. The number of sulfone groups is 1. The van der Waals surface area contributed by atoms with E-state index in [0.717, 1.165) is 24.8 Å². The summed E-state index contributed by atoms with van der Waals surface area (Å²) < 4.78 is 23.0. The molecule has 0 radical (unpaired) electrons. The zero-order valence-corrected chi connectivity index (χ0v) is 17.5. The maximum absolute atomic E-state index is 11.5. The predicted octanol–water partition coefficient (Wildman–Crippen LogP) is 2.56. The van der Waals surface area contributed by atoms with Crippen LogP contribution in [0.4, 0.5) is 0 Å². The van der Waals surface area contributed by atoms with E-state index in [4.69, 9.17) is 0 Å². The van der Waals surface area contributed by atoms with Crippen LogP contribution in [0.3, 0.4) is 0 Å². The van der Waals surface area contributed by atoms with E-state index in [9.17, 15) is 8.42 Å². The van der Waals surface area contributed by atoms with Gasteiger partial charge >= 0.3 is 0 Å². The number of guanidine groups is 1. The van der Waals surface area contributed by atoms with Crippen LogP contribution in [0.1, 0.15) is 52.4 Å². The van der Waals surface area contributed by atoms with Crippen LogP contribution in [-0.4, -0.2) is 45.0 Å². The Balaban J connectivity index is 0.00000264. The minimum absolute atomic E-state index is 0. The second-order valence-electron chi connectivity index (χ2n) is 7.14. The fraction of sp³-hybridized carbons (Fsp3) is 0.938. The zero-order chi connectivity index (χ0) is 16.0. The van der Waals surface area contributed by atoms with E-state index >= 15 is 0 Å². The summed E-state index contributed by atoms with van der Waals surface area (Å²) in [6.07, 6.45) is 7.43. The lowest BCUT2D eigenvalue weighted by Crippen LogP contribution is -2.43. The molecule has 2 N–H and O–H groups in total. The van der Waals surface area contributed by atoms with Crippen LogP contribution < -0.4 is 10.6 Å². The third-order valence-electron chi connectivity index (χ3n) is 4.54. The summed E-state index contributed by atoms with van der Waals surface area (Å²) in [5, 5.41) is 6.81. The predicted molar refractivity (Wildman–Crippen MR) is 107 cm³/mol. The molecule has 1 saturated heterocycles. The average molecular weight is 457 g/mol. The summed E-state index contributed by atoms with van der Waals surface area (Å²) >= 11 is 0. The normalized spacial score (nSPS) is 25.2. The Morgan fingerprint density at radius 2 is 1.83 bits per heavy atom. The topological polar surface area (TPSA) is 70.6 Å². The second kappa shape index (κ2) is 10.1. The molecule has 2 rings (SSSR count). The van der Waals surface area contributed by atoms with E-state index in [2.05, 4.69) is 29.5 Å². The first kappa shape index (κ1) is 21.0. The lowest BCUT2D eigenvalue weighted by atomic mass is 9.89. The minimum atomic E-state index is -2.81. The Kier molecular flexibility index (Phi) is 9.18. The van der Waals surface area contributed by atoms with Crippen LogP contribution in [0.2, 0.25) is 0 Å². The largest absolute Gasteiger partial charge is 0.356 e. The number of nitrogens with one attached hydrogen (secondary N) is 2. The molecule has 1 aliphatic carbocycles. The van der Waals surface area contributed by atoms with E-state index in [0.29, 0.717) is 24.1 Å². The lowest BCUT2D eigenvalue weighted by Gasteiger charge is -2.24. The van der Waals surface area contributed by atoms with Gasteiger partial charge in [-0.3, -0.25) is 4.99 Å². The van der Waals surface area contributed by atoms with E-state index in [-0.39, 0.29) is 29.9 Å². The Morgan fingerprint density at radius 1 is 1.13 bits per heavy atom. The highest BCUT2D eigenvalue weighted by Gasteiger charge is 2.27. The molecule has 1 unspecified atom stereocenters. The van der Waals surface area contributed by atoms with Crippen molar-refractivity contribution in [3.8, 4) is 0 Å². The first-order valence-electron chi connectivity index (χ1n) is 8.70. The maximum Gasteiger partial charge on any atom is 0.191 e. The molecule has 5 nitrogen and oxygen atoms in total. The van der Waals surface area contributed by atoms with Crippen molar-refractivity contribution in [3.05, 3.63) is 0 Å². The van der Waals surface area contributed by atoms with Gasteiger partial charge in [0.1, 0.15) is 0 Å². The summed E-state index contributed by atoms with van der Waals surface area (Å²) in [7, 11) is -2.81. The molecule has 1 heterocycles. The maximum atomic E-state index is 11.5. The molecule has 1 saturated carbocycles. The third-order valence-corrected chi connectivity index (χ3v) is 6.38. The number of halogens is 1. The number of hydrogen-bond donors (Lipinski definition) is 2. The van der Waals surface area contributed by atoms with Crippen molar-refractivity contribution >= 4 is 39.8 Å². The Morgan fingerprint density at radius 3 is 2.39 bits per heavy atom. The van der Waals surface area contributed by atoms with E-state index < -0.39 is 9.84 Å². The van der Waals surface area contributed by atoms with Crippen LogP contribution in [-0.2, 0) is 9.84 Å². The van der Waals surface area contributed by atoms with E-state index in [1.54, 1.807) is 0 Å². The molecule has 0 bridgehead atoms. The Hall–Kier alpha value is -0.0500. The summed E-state index contributed by atoms with van der Waals surface area (Å²) in [6, 6.07) is 0.324. The van der Waals surface area contributed by atoms with Crippen LogP contribution >= 0.6 is 24.0 Å². The van der Waals surface area contributed by atoms with Crippen molar-refractivity contribution in [1.82, 2.24) is 10.6 Å². The Labute approximate surface area is 158 Å². The van der Waals surface area contributed by atoms with Crippen molar-refractivity contribution in [3.63, 3.8) is 0 Å². The standard InChI is InChI=1S/C16H31N3O2S.HI/c1-13(2)19-16(17-10-14-6-4-3-5-7-14)18-11-15-8-9-22(20,21)12-15;/h13-15H,3-12H2,1-2H3,(H2,17,18,19);1H. The first-order chi connectivity index (χ1) is 10.4. The highest BCUT2D eigenvalue weighted by Crippen LogP contribution is 2.22. The van der Waals surface area contributed by atoms with Crippen LogP contribution in [0.25, 0.3) is 0 Å². The zero-order valence-electron chi connectivity index (χ0n) is 14.4. The third kappa shape index (κ3) is 8.05. The van der Waals surface area contributed by atoms with Gasteiger partial charge in [-0.25, -0.2) is 8.42 Å². The molecule has 0 spiro atoms. The summed E-state index contributed by atoms with van der Waals surface area (Å²) in [5.74, 6) is 2.40. The monoisotopic (exact) mass is 457 g/mol. The average Bonchev–Trinajstić information content (AvgIpc) is 2.82. The molecule has 7 heteroatoms. The fourth-order valence-electron chi connectivity index (χ4n) is 3.29. The number of rotatable bonds is 5. The van der Waals surface area contributed by atoms with Crippen LogP contribution in [0.5, 0.6) is 0 Å². The molecule has 136 valence electrons. The van der Waals surface area contributed by atoms with Gasteiger partial charge in [-0.15, -0.1) is 24.0 Å². The van der Waals surface area contributed by atoms with Crippen molar-refractivity contribution in [2.75, 3.05) is 24.6 Å². The number of nitrogens with zero attached hydrogens (tertiary/aromatic N) is 1. The SMILES string of the molecule is CC(C)NC(=NCC1CCS(=O)(=O)C1)NCC1CCCCC1.I. The lowest BCUT2D eigenvalue weighted by molar-refractivity contribution is 0.355. The molecular formula is C16H32IN3O2S. The number of hydrogen-bond acceptors (Lipinski definition) is 3. The minimum Gasteiger partial charge on any atom is -0.356 e. The van der Waals surface area contributed by atoms with Gasteiger partial charge < -0.3 is 10.6 Å². The molecule has 0 aromatic heterocycles. The molecule has 2 fully saturated rings. The second-order valence-corrected chi connectivity index (χ2v) is 9.37. The van der Waals surface area contributed by atoms with E-state index in [1.165, 1.54) is 32.1 Å². The molecule has 0 amide bonds. The van der Waals surface area contributed by atoms with Crippen LogP contribution in [0, 0.1) is 11.8 Å². The van der Waals surface area contributed by atoms with Gasteiger partial charge in [0.15, 0.2) is 15.8 Å². The van der Waals surface area contributed by atoms with Crippen molar-refractivity contribution < 1.29 is 8.42 Å². The molecule has 23 heavy (non-hydrogen) atoms. The molecule has 1 aliphatic heterocycles. The summed E-state index contributed by atoms with van der Waals surface area (Å²) in [5.41, 5.74) is 0. The first-order valence-corrected chi connectivity index (χ1v) is 10.5. The van der Waals surface area contributed by atoms with Crippen molar-refractivity contribution in [1.29, 1.82) is 0 Å². The van der Waals surface area contributed by atoms with Crippen molar-refractivity contribution in [2.45, 2.75) is 58.4 Å². The molecule has 0 aromatic carbocycles. The molecule has 0 aromatic rings. The smallest absolute Gasteiger partial charge is 0.191 e.